The maximum absolute atomic E-state index is 10.9. The Hall–Kier alpha value is -2.31. The van der Waals surface area contributed by atoms with Gasteiger partial charge < -0.3 is 9.84 Å². The topological polar surface area (TPSA) is 53.2 Å². The van der Waals surface area contributed by atoms with Crippen LogP contribution in [0.5, 0.6) is 5.75 Å². The SMILES string of the molecule is Cc1ccc(C(O)C2(C#N)CCOc3ccccc32)cc1. The van der Waals surface area contributed by atoms with Crippen LogP contribution in [0.25, 0.3) is 0 Å². The highest BCUT2D eigenvalue weighted by Gasteiger charge is 2.45. The summed E-state index contributed by atoms with van der Waals surface area (Å²) in [5, 5.41) is 20.7. The van der Waals surface area contributed by atoms with Crippen LogP contribution in [0.15, 0.2) is 48.5 Å². The van der Waals surface area contributed by atoms with Crippen LogP contribution in [0.4, 0.5) is 0 Å². The molecule has 1 aliphatic rings. The molecule has 0 aliphatic carbocycles. The number of fused-ring (bicyclic) bond motifs is 1. The van der Waals surface area contributed by atoms with Crippen molar-refractivity contribution in [3.63, 3.8) is 0 Å². The molecule has 2 aromatic rings. The van der Waals surface area contributed by atoms with Gasteiger partial charge >= 0.3 is 0 Å². The summed E-state index contributed by atoms with van der Waals surface area (Å²) in [4.78, 5) is 0. The number of nitriles is 1. The van der Waals surface area contributed by atoms with E-state index in [2.05, 4.69) is 6.07 Å². The molecule has 3 rings (SSSR count). The quantitative estimate of drug-likeness (QED) is 0.918. The van der Waals surface area contributed by atoms with Gasteiger partial charge in [0.25, 0.3) is 0 Å². The van der Waals surface area contributed by atoms with Gasteiger partial charge in [0.15, 0.2) is 0 Å². The van der Waals surface area contributed by atoms with Crippen molar-refractivity contribution in [1.29, 1.82) is 5.26 Å². The fourth-order valence-corrected chi connectivity index (χ4v) is 2.91. The fraction of sp³-hybridized carbons (Fsp3) is 0.278. The van der Waals surface area contributed by atoms with Crippen molar-refractivity contribution in [3.05, 3.63) is 65.2 Å². The Morgan fingerprint density at radius 2 is 1.90 bits per heavy atom. The molecule has 2 unspecified atom stereocenters. The van der Waals surface area contributed by atoms with Crippen molar-refractivity contribution in [2.45, 2.75) is 24.9 Å². The van der Waals surface area contributed by atoms with Crippen LogP contribution in [0.1, 0.15) is 29.2 Å². The van der Waals surface area contributed by atoms with Crippen LogP contribution < -0.4 is 4.74 Å². The van der Waals surface area contributed by atoms with E-state index in [1.807, 2.05) is 55.5 Å². The van der Waals surface area contributed by atoms with E-state index in [4.69, 9.17) is 4.74 Å². The summed E-state index contributed by atoms with van der Waals surface area (Å²) >= 11 is 0. The van der Waals surface area contributed by atoms with E-state index in [1.54, 1.807) is 0 Å². The first-order chi connectivity index (χ1) is 10.2. The van der Waals surface area contributed by atoms with Crippen LogP contribution in [0.2, 0.25) is 0 Å². The number of hydrogen-bond acceptors (Lipinski definition) is 3. The first-order valence-electron chi connectivity index (χ1n) is 7.05. The van der Waals surface area contributed by atoms with E-state index in [9.17, 15) is 10.4 Å². The molecule has 21 heavy (non-hydrogen) atoms. The van der Waals surface area contributed by atoms with Crippen LogP contribution >= 0.6 is 0 Å². The Labute approximate surface area is 124 Å². The first kappa shape index (κ1) is 13.7. The standard InChI is InChI=1S/C18H17NO2/c1-13-6-8-14(9-7-13)17(20)18(12-19)10-11-21-16-5-3-2-4-15(16)18/h2-9,17,20H,10-11H2,1H3. The molecule has 0 fully saturated rings. The molecule has 0 amide bonds. The van der Waals surface area contributed by atoms with Crippen molar-refractivity contribution in [3.8, 4) is 11.8 Å². The van der Waals surface area contributed by atoms with Crippen molar-refractivity contribution in [2.75, 3.05) is 6.61 Å². The van der Waals surface area contributed by atoms with Crippen molar-refractivity contribution < 1.29 is 9.84 Å². The first-order valence-corrected chi connectivity index (χ1v) is 7.05. The van der Waals surface area contributed by atoms with E-state index < -0.39 is 11.5 Å². The molecule has 1 heterocycles. The maximum Gasteiger partial charge on any atom is 0.124 e. The second-order valence-corrected chi connectivity index (χ2v) is 5.49. The van der Waals surface area contributed by atoms with Crippen molar-refractivity contribution >= 4 is 0 Å². The molecule has 0 spiro atoms. The van der Waals surface area contributed by atoms with Gasteiger partial charge in [-0.1, -0.05) is 48.0 Å². The van der Waals surface area contributed by atoms with E-state index in [0.717, 1.165) is 16.7 Å². The van der Waals surface area contributed by atoms with E-state index >= 15 is 0 Å². The highest BCUT2D eigenvalue weighted by atomic mass is 16.5. The van der Waals surface area contributed by atoms with Crippen LogP contribution in [0.3, 0.4) is 0 Å². The number of aliphatic hydroxyl groups is 1. The minimum Gasteiger partial charge on any atom is -0.493 e. The molecule has 2 aromatic carbocycles. The number of para-hydroxylation sites is 1. The number of aryl methyl sites for hydroxylation is 1. The van der Waals surface area contributed by atoms with E-state index in [0.29, 0.717) is 18.8 Å². The number of nitrogens with zero attached hydrogens (tertiary/aromatic N) is 1. The minimum atomic E-state index is -0.954. The summed E-state index contributed by atoms with van der Waals surface area (Å²) in [7, 11) is 0. The second-order valence-electron chi connectivity index (χ2n) is 5.49. The van der Waals surface area contributed by atoms with Gasteiger partial charge in [0.2, 0.25) is 0 Å². The third kappa shape index (κ3) is 2.18. The second kappa shape index (κ2) is 5.23. The fourth-order valence-electron chi connectivity index (χ4n) is 2.91. The molecule has 0 saturated heterocycles. The molecule has 0 radical (unpaired) electrons. The van der Waals surface area contributed by atoms with Gasteiger partial charge in [-0.2, -0.15) is 5.26 Å². The average Bonchev–Trinajstić information content (AvgIpc) is 2.54. The Morgan fingerprint density at radius 3 is 2.62 bits per heavy atom. The Balaban J connectivity index is 2.10. The predicted octanol–water partition coefficient (Wildman–Crippen LogP) is 3.27. The lowest BCUT2D eigenvalue weighted by molar-refractivity contribution is 0.0806. The third-order valence-electron chi connectivity index (χ3n) is 4.18. The number of aliphatic hydroxyl groups excluding tert-OH is 1. The van der Waals surface area contributed by atoms with Crippen molar-refractivity contribution in [2.24, 2.45) is 0 Å². The lowest BCUT2D eigenvalue weighted by atomic mass is 9.71. The molecule has 0 saturated carbocycles. The molecular formula is C18H17NO2. The summed E-state index contributed by atoms with van der Waals surface area (Å²) in [5.41, 5.74) is 1.71. The molecule has 1 aliphatic heterocycles. The third-order valence-corrected chi connectivity index (χ3v) is 4.18. The van der Waals surface area contributed by atoms with Gasteiger partial charge in [0, 0.05) is 12.0 Å². The van der Waals surface area contributed by atoms with Gasteiger partial charge in [0.1, 0.15) is 17.3 Å². The van der Waals surface area contributed by atoms with E-state index in [-0.39, 0.29) is 0 Å². The largest absolute Gasteiger partial charge is 0.493 e. The zero-order valence-electron chi connectivity index (χ0n) is 11.9. The predicted molar refractivity (Wildman–Crippen MR) is 80.0 cm³/mol. The summed E-state index contributed by atoms with van der Waals surface area (Å²) in [6, 6.07) is 17.5. The Bertz CT molecular complexity index is 687. The summed E-state index contributed by atoms with van der Waals surface area (Å²) in [5.74, 6) is 0.691. The minimum absolute atomic E-state index is 0.438. The zero-order chi connectivity index (χ0) is 14.9. The molecule has 106 valence electrons. The van der Waals surface area contributed by atoms with Gasteiger partial charge in [0.05, 0.1) is 12.7 Å². The molecule has 1 N–H and O–H groups in total. The molecule has 0 bridgehead atoms. The van der Waals surface area contributed by atoms with Crippen LogP contribution in [-0.4, -0.2) is 11.7 Å². The number of hydrogen-bond donors (Lipinski definition) is 1. The lowest BCUT2D eigenvalue weighted by Crippen LogP contribution is -2.37. The van der Waals surface area contributed by atoms with Gasteiger partial charge in [-0.3, -0.25) is 0 Å². The van der Waals surface area contributed by atoms with Gasteiger partial charge in [-0.25, -0.2) is 0 Å². The molecule has 3 heteroatoms. The summed E-state index contributed by atoms with van der Waals surface area (Å²) in [6.07, 6.45) is -0.386. The highest BCUT2D eigenvalue weighted by Crippen LogP contribution is 2.46. The average molecular weight is 279 g/mol. The number of ether oxygens (including phenoxy) is 1. The summed E-state index contributed by atoms with van der Waals surface area (Å²) < 4.78 is 5.62. The van der Waals surface area contributed by atoms with E-state index in [1.165, 1.54) is 0 Å². The smallest absolute Gasteiger partial charge is 0.124 e. The van der Waals surface area contributed by atoms with Crippen LogP contribution in [-0.2, 0) is 5.41 Å². The number of benzene rings is 2. The number of rotatable bonds is 2. The highest BCUT2D eigenvalue weighted by molar-refractivity contribution is 5.48. The Morgan fingerprint density at radius 1 is 1.19 bits per heavy atom. The van der Waals surface area contributed by atoms with Crippen molar-refractivity contribution in [1.82, 2.24) is 0 Å². The van der Waals surface area contributed by atoms with Crippen LogP contribution in [0, 0.1) is 18.3 Å². The zero-order valence-corrected chi connectivity index (χ0v) is 11.9. The maximum atomic E-state index is 10.9. The monoisotopic (exact) mass is 279 g/mol. The van der Waals surface area contributed by atoms with Gasteiger partial charge in [-0.15, -0.1) is 0 Å². The van der Waals surface area contributed by atoms with Gasteiger partial charge in [-0.05, 0) is 18.6 Å². The lowest BCUT2D eigenvalue weighted by Gasteiger charge is -2.37. The Kier molecular flexibility index (Phi) is 3.40. The molecular weight excluding hydrogens is 262 g/mol. The summed E-state index contributed by atoms with van der Waals surface area (Å²) in [6.45, 7) is 2.44. The normalized spacial score (nSPS) is 21.8. The molecule has 0 aromatic heterocycles. The molecule has 2 atom stereocenters. The molecule has 3 nitrogen and oxygen atoms in total.